The van der Waals surface area contributed by atoms with E-state index in [0.29, 0.717) is 11.5 Å². The predicted molar refractivity (Wildman–Crippen MR) is 84.8 cm³/mol. The van der Waals surface area contributed by atoms with Gasteiger partial charge < -0.3 is 15.7 Å². The largest absolute Gasteiger partial charge is 0.395 e. The molecule has 0 aliphatic heterocycles. The molecule has 0 spiro atoms. The average Bonchev–Trinajstić information content (AvgIpc) is 2.43. The van der Waals surface area contributed by atoms with Crippen LogP contribution in [0.25, 0.3) is 10.8 Å². The first-order valence-corrected chi connectivity index (χ1v) is 6.77. The van der Waals surface area contributed by atoms with Crippen molar-refractivity contribution in [1.82, 2.24) is 0 Å². The minimum Gasteiger partial charge on any atom is -0.395 e. The van der Waals surface area contributed by atoms with Crippen molar-refractivity contribution < 1.29 is 5.11 Å². The summed E-state index contributed by atoms with van der Waals surface area (Å²) in [5, 5.41) is 11.3. The van der Waals surface area contributed by atoms with Crippen LogP contribution in [0.5, 0.6) is 0 Å². The third kappa shape index (κ3) is 2.69. The Bertz CT molecular complexity index is 598. The van der Waals surface area contributed by atoms with Gasteiger partial charge in [0.1, 0.15) is 4.99 Å². The van der Waals surface area contributed by atoms with Crippen LogP contribution in [0.4, 0.5) is 5.69 Å². The summed E-state index contributed by atoms with van der Waals surface area (Å²) in [5.41, 5.74) is 7.78. The number of hydrogen-bond donors (Lipinski definition) is 2. The molecule has 0 aliphatic rings. The number of aliphatic hydroxyl groups excluding tert-OH is 1. The summed E-state index contributed by atoms with van der Waals surface area (Å²) < 4.78 is 0. The molecule has 0 bridgehead atoms. The van der Waals surface area contributed by atoms with Gasteiger partial charge in [-0.15, -0.1) is 0 Å². The molecule has 100 valence electrons. The number of aliphatic hydroxyl groups is 1. The van der Waals surface area contributed by atoms with Gasteiger partial charge in [-0.1, -0.05) is 36.5 Å². The zero-order chi connectivity index (χ0) is 13.8. The van der Waals surface area contributed by atoms with Gasteiger partial charge in [-0.05, 0) is 24.4 Å². The van der Waals surface area contributed by atoms with E-state index in [0.717, 1.165) is 28.6 Å². The van der Waals surface area contributed by atoms with Crippen LogP contribution < -0.4 is 10.6 Å². The molecule has 2 aromatic rings. The highest BCUT2D eigenvalue weighted by atomic mass is 32.1. The number of hydrogen-bond acceptors (Lipinski definition) is 3. The quantitative estimate of drug-likeness (QED) is 0.821. The van der Waals surface area contributed by atoms with Gasteiger partial charge in [-0.2, -0.15) is 0 Å². The van der Waals surface area contributed by atoms with Crippen LogP contribution in [0.2, 0.25) is 0 Å². The fraction of sp³-hybridized carbons (Fsp3) is 0.267. The van der Waals surface area contributed by atoms with Crippen LogP contribution in [-0.2, 0) is 0 Å². The molecule has 0 unspecified atom stereocenters. The second kappa shape index (κ2) is 5.99. The van der Waals surface area contributed by atoms with Crippen molar-refractivity contribution in [3.63, 3.8) is 0 Å². The van der Waals surface area contributed by atoms with Gasteiger partial charge in [0.15, 0.2) is 0 Å². The van der Waals surface area contributed by atoms with Crippen molar-refractivity contribution in [2.24, 2.45) is 5.73 Å². The monoisotopic (exact) mass is 274 g/mol. The molecule has 3 N–H and O–H groups in total. The van der Waals surface area contributed by atoms with E-state index in [1.165, 1.54) is 0 Å². The van der Waals surface area contributed by atoms with E-state index in [2.05, 4.69) is 17.9 Å². The van der Waals surface area contributed by atoms with Crippen molar-refractivity contribution >= 4 is 33.7 Å². The van der Waals surface area contributed by atoms with E-state index in [4.69, 9.17) is 23.1 Å². The first-order valence-electron chi connectivity index (χ1n) is 6.36. The zero-order valence-corrected chi connectivity index (χ0v) is 11.8. The van der Waals surface area contributed by atoms with E-state index >= 15 is 0 Å². The van der Waals surface area contributed by atoms with Crippen molar-refractivity contribution in [1.29, 1.82) is 0 Å². The summed E-state index contributed by atoms with van der Waals surface area (Å²) in [4.78, 5) is 2.55. The number of nitrogens with zero attached hydrogens (tertiary/aromatic N) is 1. The second-order valence-corrected chi connectivity index (χ2v) is 4.79. The molecule has 2 aromatic carbocycles. The van der Waals surface area contributed by atoms with Gasteiger partial charge in [-0.25, -0.2) is 0 Å². The number of anilines is 1. The van der Waals surface area contributed by atoms with Crippen molar-refractivity contribution in [3.05, 3.63) is 42.0 Å². The standard InChI is InChI=1S/C15H18N2OS/c1-2-17(9-10-18)14-8-7-13(15(16)19)11-5-3-4-6-12(11)14/h3-8,18H,2,9-10H2,1H3,(H2,16,19). The number of thiocarbonyl (C=S) groups is 1. The Hall–Kier alpha value is -1.65. The van der Waals surface area contributed by atoms with E-state index < -0.39 is 0 Å². The Morgan fingerprint density at radius 3 is 2.47 bits per heavy atom. The molecule has 0 aromatic heterocycles. The molecule has 4 heteroatoms. The summed E-state index contributed by atoms with van der Waals surface area (Å²) in [7, 11) is 0. The molecule has 0 heterocycles. The Morgan fingerprint density at radius 2 is 1.89 bits per heavy atom. The van der Waals surface area contributed by atoms with Crippen molar-refractivity contribution in [2.75, 3.05) is 24.6 Å². The number of rotatable bonds is 5. The molecule has 0 radical (unpaired) electrons. The molecule has 0 amide bonds. The number of likely N-dealkylation sites (N-methyl/N-ethyl adjacent to an activating group) is 1. The SMILES string of the molecule is CCN(CCO)c1ccc(C(N)=S)c2ccccc12. The Labute approximate surface area is 118 Å². The Balaban J connectivity index is 2.64. The Morgan fingerprint density at radius 1 is 1.21 bits per heavy atom. The lowest BCUT2D eigenvalue weighted by atomic mass is 10.0. The molecule has 0 fully saturated rings. The molecule has 0 aliphatic carbocycles. The van der Waals surface area contributed by atoms with Gasteiger partial charge in [0.25, 0.3) is 0 Å². The van der Waals surface area contributed by atoms with Gasteiger partial charge in [-0.3, -0.25) is 0 Å². The highest BCUT2D eigenvalue weighted by molar-refractivity contribution is 7.80. The summed E-state index contributed by atoms with van der Waals surface area (Å²) in [6.07, 6.45) is 0. The van der Waals surface area contributed by atoms with Crippen LogP contribution in [0.15, 0.2) is 36.4 Å². The van der Waals surface area contributed by atoms with Crippen LogP contribution >= 0.6 is 12.2 Å². The van der Waals surface area contributed by atoms with Crippen molar-refractivity contribution in [3.8, 4) is 0 Å². The summed E-state index contributed by atoms with van der Waals surface area (Å²) in [6, 6.07) is 12.1. The summed E-state index contributed by atoms with van der Waals surface area (Å²) in [5.74, 6) is 0. The summed E-state index contributed by atoms with van der Waals surface area (Å²) in [6.45, 7) is 3.68. The first kappa shape index (κ1) is 13.8. The lowest BCUT2D eigenvalue weighted by molar-refractivity contribution is 0.302. The van der Waals surface area contributed by atoms with Gasteiger partial charge in [0.05, 0.1) is 6.61 Å². The second-order valence-electron chi connectivity index (χ2n) is 4.35. The first-order chi connectivity index (χ1) is 9.19. The maximum Gasteiger partial charge on any atom is 0.104 e. The molecule has 3 nitrogen and oxygen atoms in total. The number of benzene rings is 2. The molecule has 2 rings (SSSR count). The molecule has 0 saturated carbocycles. The zero-order valence-electron chi connectivity index (χ0n) is 11.0. The van der Waals surface area contributed by atoms with E-state index in [-0.39, 0.29) is 6.61 Å². The fourth-order valence-corrected chi connectivity index (χ4v) is 2.52. The lowest BCUT2D eigenvalue weighted by Crippen LogP contribution is -2.26. The van der Waals surface area contributed by atoms with Crippen LogP contribution in [-0.4, -0.2) is 29.8 Å². The van der Waals surface area contributed by atoms with Crippen molar-refractivity contribution in [2.45, 2.75) is 6.92 Å². The highest BCUT2D eigenvalue weighted by Gasteiger charge is 2.11. The fourth-order valence-electron chi connectivity index (χ4n) is 2.34. The normalized spacial score (nSPS) is 10.6. The van der Waals surface area contributed by atoms with E-state index in [1.807, 2.05) is 30.3 Å². The average molecular weight is 274 g/mol. The lowest BCUT2D eigenvalue weighted by Gasteiger charge is -2.24. The third-order valence-electron chi connectivity index (χ3n) is 3.26. The predicted octanol–water partition coefficient (Wildman–Crippen LogP) is 2.29. The van der Waals surface area contributed by atoms with Crippen LogP contribution in [0, 0.1) is 0 Å². The maximum absolute atomic E-state index is 9.16. The van der Waals surface area contributed by atoms with Gasteiger partial charge >= 0.3 is 0 Å². The number of nitrogens with two attached hydrogens (primary N) is 1. The highest BCUT2D eigenvalue weighted by Crippen LogP contribution is 2.29. The molecule has 0 saturated heterocycles. The third-order valence-corrected chi connectivity index (χ3v) is 3.48. The molecule has 0 atom stereocenters. The summed E-state index contributed by atoms with van der Waals surface area (Å²) >= 11 is 5.10. The molecular formula is C15H18N2OS. The molecule has 19 heavy (non-hydrogen) atoms. The number of fused-ring (bicyclic) bond motifs is 1. The van der Waals surface area contributed by atoms with E-state index in [9.17, 15) is 0 Å². The topological polar surface area (TPSA) is 49.5 Å². The maximum atomic E-state index is 9.16. The molecular weight excluding hydrogens is 256 g/mol. The van der Waals surface area contributed by atoms with Crippen LogP contribution in [0.3, 0.4) is 0 Å². The smallest absolute Gasteiger partial charge is 0.104 e. The minimum atomic E-state index is 0.138. The van der Waals surface area contributed by atoms with E-state index in [1.54, 1.807) is 0 Å². The minimum absolute atomic E-state index is 0.138. The van der Waals surface area contributed by atoms with Crippen LogP contribution in [0.1, 0.15) is 12.5 Å². The van der Waals surface area contributed by atoms with Gasteiger partial charge in [0, 0.05) is 29.7 Å². The van der Waals surface area contributed by atoms with Gasteiger partial charge in [0.2, 0.25) is 0 Å². The Kier molecular flexibility index (Phi) is 4.35.